The van der Waals surface area contributed by atoms with E-state index in [1.807, 2.05) is 25.9 Å². The van der Waals surface area contributed by atoms with Crippen LogP contribution < -0.4 is 0 Å². The van der Waals surface area contributed by atoms with Crippen molar-refractivity contribution in [2.75, 3.05) is 27.2 Å². The largest absolute Gasteiger partial charge is 0.483 e. The molecule has 1 saturated carbocycles. The van der Waals surface area contributed by atoms with Gasteiger partial charge in [-0.2, -0.15) is 0 Å². The molecule has 0 radical (unpaired) electrons. The number of Topliss-reactive ketones (excluding diaryl/α,β-unsaturated/α-hetero) is 1. The van der Waals surface area contributed by atoms with E-state index in [1.54, 1.807) is 17.0 Å². The summed E-state index contributed by atoms with van der Waals surface area (Å²) in [5.41, 5.74) is 0.762. The molecule has 1 aromatic rings. The second-order valence-corrected chi connectivity index (χ2v) is 9.45. The zero-order chi connectivity index (χ0) is 22.4. The smallest absolute Gasteiger partial charge is 0.290 e. The lowest BCUT2D eigenvalue weighted by atomic mass is 9.74. The Bertz CT molecular complexity index is 962. The Labute approximate surface area is 185 Å². The molecule has 3 aliphatic rings. The van der Waals surface area contributed by atoms with Crippen LogP contribution in [0.15, 0.2) is 35.6 Å². The van der Waals surface area contributed by atoms with Crippen molar-refractivity contribution in [2.24, 2.45) is 11.8 Å². The lowest BCUT2D eigenvalue weighted by Gasteiger charge is -2.40. The molecule has 0 aromatic heterocycles. The van der Waals surface area contributed by atoms with E-state index in [9.17, 15) is 19.7 Å². The second-order valence-electron chi connectivity index (χ2n) is 8.89. The first-order valence-electron chi connectivity index (χ1n) is 10.5. The molecule has 2 heterocycles. The minimum absolute atomic E-state index is 0.0825. The number of carbonyl (C=O) groups is 2. The molecule has 1 amide bonds. The van der Waals surface area contributed by atoms with Gasteiger partial charge in [0, 0.05) is 30.6 Å². The lowest BCUT2D eigenvalue weighted by molar-refractivity contribution is -0.384. The summed E-state index contributed by atoms with van der Waals surface area (Å²) in [6.45, 7) is 2.98. The molecular weight excluding hydrogens is 422 g/mol. The average Bonchev–Trinajstić information content (AvgIpc) is 3.00. The molecule has 1 fully saturated rings. The Morgan fingerprint density at radius 2 is 2.03 bits per heavy atom. The molecular formula is C22H26ClN3O5. The number of hydrogen-bond acceptors (Lipinski definition) is 6. The Hall–Kier alpha value is -2.45. The molecule has 0 bridgehead atoms. The average molecular weight is 448 g/mol. The highest BCUT2D eigenvalue weighted by Crippen LogP contribution is 2.48. The van der Waals surface area contributed by atoms with Crippen molar-refractivity contribution in [3.05, 3.63) is 51.3 Å². The SMILES string of the molecule is CC1CC2OC3=C(C(=O)C2CC1Cl)C(c1cccc([N+](=O)[O-])c1)N(CCN(C)C)C3=O. The molecule has 1 aliphatic carbocycles. The first-order chi connectivity index (χ1) is 14.7. The molecule has 5 unspecified atom stereocenters. The third-order valence-corrected chi connectivity index (χ3v) is 7.10. The summed E-state index contributed by atoms with van der Waals surface area (Å²) < 4.78 is 6.14. The summed E-state index contributed by atoms with van der Waals surface area (Å²) in [6.07, 6.45) is 0.754. The van der Waals surface area contributed by atoms with Gasteiger partial charge in [-0.25, -0.2) is 0 Å². The van der Waals surface area contributed by atoms with Gasteiger partial charge in [0.15, 0.2) is 11.5 Å². The monoisotopic (exact) mass is 447 g/mol. The maximum absolute atomic E-state index is 13.6. The number of carbonyl (C=O) groups excluding carboxylic acids is 2. The zero-order valence-electron chi connectivity index (χ0n) is 17.8. The van der Waals surface area contributed by atoms with Crippen LogP contribution in [0.2, 0.25) is 0 Å². The number of amides is 1. The molecule has 2 aliphatic heterocycles. The summed E-state index contributed by atoms with van der Waals surface area (Å²) in [5, 5.41) is 11.2. The van der Waals surface area contributed by atoms with Crippen LogP contribution in [0.25, 0.3) is 0 Å². The van der Waals surface area contributed by atoms with E-state index in [4.69, 9.17) is 16.3 Å². The van der Waals surface area contributed by atoms with Gasteiger partial charge in [-0.3, -0.25) is 19.7 Å². The number of ketones is 1. The van der Waals surface area contributed by atoms with E-state index >= 15 is 0 Å². The van der Waals surface area contributed by atoms with Crippen LogP contribution in [0.4, 0.5) is 5.69 Å². The molecule has 0 N–H and O–H groups in total. The normalized spacial score (nSPS) is 30.4. The van der Waals surface area contributed by atoms with Gasteiger partial charge in [0.2, 0.25) is 0 Å². The molecule has 8 nitrogen and oxygen atoms in total. The number of ether oxygens (including phenoxy) is 1. The van der Waals surface area contributed by atoms with Gasteiger partial charge in [-0.15, -0.1) is 11.6 Å². The van der Waals surface area contributed by atoms with Crippen molar-refractivity contribution < 1.29 is 19.2 Å². The molecule has 31 heavy (non-hydrogen) atoms. The summed E-state index contributed by atoms with van der Waals surface area (Å²) in [4.78, 5) is 41.3. The van der Waals surface area contributed by atoms with Crippen LogP contribution in [-0.2, 0) is 14.3 Å². The number of fused-ring (bicyclic) bond motifs is 1. The van der Waals surface area contributed by atoms with Crippen LogP contribution in [0, 0.1) is 22.0 Å². The van der Waals surface area contributed by atoms with Gasteiger partial charge in [0.25, 0.3) is 11.6 Å². The minimum Gasteiger partial charge on any atom is -0.483 e. The number of nitro groups is 1. The number of rotatable bonds is 5. The highest BCUT2D eigenvalue weighted by molar-refractivity contribution is 6.21. The number of likely N-dealkylation sites (N-methyl/N-ethyl adjacent to an activating group) is 1. The van der Waals surface area contributed by atoms with E-state index in [0.29, 0.717) is 37.1 Å². The number of alkyl halides is 1. The van der Waals surface area contributed by atoms with Crippen molar-refractivity contribution in [3.8, 4) is 0 Å². The first-order valence-corrected chi connectivity index (χ1v) is 10.9. The van der Waals surface area contributed by atoms with E-state index < -0.39 is 16.9 Å². The second kappa shape index (κ2) is 8.24. The Balaban J connectivity index is 1.77. The highest BCUT2D eigenvalue weighted by Gasteiger charge is 2.53. The number of benzene rings is 1. The van der Waals surface area contributed by atoms with Crippen LogP contribution in [0.5, 0.6) is 0 Å². The quantitative estimate of drug-likeness (QED) is 0.391. The van der Waals surface area contributed by atoms with Crippen LogP contribution in [0.1, 0.15) is 31.4 Å². The summed E-state index contributed by atoms with van der Waals surface area (Å²) in [7, 11) is 3.79. The Morgan fingerprint density at radius 1 is 1.29 bits per heavy atom. The fraction of sp³-hybridized carbons (Fsp3) is 0.545. The van der Waals surface area contributed by atoms with Crippen molar-refractivity contribution >= 4 is 29.0 Å². The maximum Gasteiger partial charge on any atom is 0.290 e. The third kappa shape index (κ3) is 3.83. The van der Waals surface area contributed by atoms with Crippen molar-refractivity contribution in [1.82, 2.24) is 9.80 Å². The van der Waals surface area contributed by atoms with Crippen LogP contribution in [-0.4, -0.2) is 65.1 Å². The predicted octanol–water partition coefficient (Wildman–Crippen LogP) is 2.92. The number of non-ortho nitro benzene ring substituents is 1. The third-order valence-electron chi connectivity index (χ3n) is 6.49. The number of nitrogens with zero attached hydrogens (tertiary/aromatic N) is 3. The number of hydrogen-bond donors (Lipinski definition) is 0. The fourth-order valence-electron chi connectivity index (χ4n) is 4.76. The van der Waals surface area contributed by atoms with Gasteiger partial charge >= 0.3 is 0 Å². The molecule has 1 aromatic carbocycles. The Morgan fingerprint density at radius 3 is 2.71 bits per heavy atom. The first kappa shape index (κ1) is 21.8. The summed E-state index contributed by atoms with van der Waals surface area (Å²) in [5.74, 6) is -0.574. The molecule has 166 valence electrons. The number of halogens is 1. The topological polar surface area (TPSA) is 93.0 Å². The molecule has 4 rings (SSSR count). The van der Waals surface area contributed by atoms with E-state index in [-0.39, 0.29) is 40.5 Å². The van der Waals surface area contributed by atoms with Crippen LogP contribution in [0.3, 0.4) is 0 Å². The van der Waals surface area contributed by atoms with Crippen molar-refractivity contribution in [3.63, 3.8) is 0 Å². The van der Waals surface area contributed by atoms with Gasteiger partial charge in [0.05, 0.1) is 22.5 Å². The van der Waals surface area contributed by atoms with Gasteiger partial charge in [-0.1, -0.05) is 19.1 Å². The standard InChI is InChI=1S/C22H26ClN3O5/c1-12-9-17-15(11-16(12)23)20(27)18-19(13-5-4-6-14(10-13)26(29)30)25(8-7-24(2)3)22(28)21(18)31-17/h4-6,10,12,15-17,19H,7-9,11H2,1-3H3. The Kier molecular flexibility index (Phi) is 5.79. The highest BCUT2D eigenvalue weighted by atomic mass is 35.5. The minimum atomic E-state index is -0.705. The van der Waals surface area contributed by atoms with E-state index in [1.165, 1.54) is 12.1 Å². The van der Waals surface area contributed by atoms with Gasteiger partial charge in [-0.05, 0) is 38.4 Å². The lowest BCUT2D eigenvalue weighted by Crippen LogP contribution is -2.44. The van der Waals surface area contributed by atoms with Crippen molar-refractivity contribution in [1.29, 1.82) is 0 Å². The van der Waals surface area contributed by atoms with Crippen molar-refractivity contribution in [2.45, 2.75) is 37.3 Å². The zero-order valence-corrected chi connectivity index (χ0v) is 18.5. The summed E-state index contributed by atoms with van der Waals surface area (Å²) in [6, 6.07) is 5.42. The van der Waals surface area contributed by atoms with Gasteiger partial charge in [0.1, 0.15) is 6.10 Å². The van der Waals surface area contributed by atoms with Crippen LogP contribution >= 0.6 is 11.6 Å². The van der Waals surface area contributed by atoms with E-state index in [0.717, 1.165) is 0 Å². The molecule has 9 heteroatoms. The van der Waals surface area contributed by atoms with Gasteiger partial charge < -0.3 is 14.5 Å². The predicted molar refractivity (Wildman–Crippen MR) is 115 cm³/mol. The maximum atomic E-state index is 13.6. The molecule has 5 atom stereocenters. The molecule has 0 saturated heterocycles. The summed E-state index contributed by atoms with van der Waals surface area (Å²) >= 11 is 6.46. The molecule has 0 spiro atoms. The fourth-order valence-corrected chi connectivity index (χ4v) is 5.05. The van der Waals surface area contributed by atoms with E-state index in [2.05, 4.69) is 0 Å². The number of nitro benzene ring substituents is 1.